The molecule has 1 aliphatic heterocycles. The molecule has 144 valence electrons. The maximum absolute atomic E-state index is 12.9. The van der Waals surface area contributed by atoms with Crippen LogP contribution in [0.1, 0.15) is 23.2 Å². The monoisotopic (exact) mass is 408 g/mol. The Balaban J connectivity index is 1.77. The van der Waals surface area contributed by atoms with Gasteiger partial charge in [-0.3, -0.25) is 9.10 Å². The third-order valence-corrected chi connectivity index (χ3v) is 6.46. The van der Waals surface area contributed by atoms with Gasteiger partial charge < -0.3 is 10.1 Å². The Hall–Kier alpha value is -2.09. The minimum absolute atomic E-state index is 0.0230. The molecule has 6 nitrogen and oxygen atoms in total. The van der Waals surface area contributed by atoms with Crippen molar-refractivity contribution in [2.75, 3.05) is 24.5 Å². The lowest BCUT2D eigenvalue weighted by atomic mass is 10.2. The number of amides is 1. The first-order valence-corrected chi connectivity index (χ1v) is 10.4. The predicted octanol–water partition coefficient (Wildman–Crippen LogP) is 3.07. The van der Waals surface area contributed by atoms with E-state index in [4.69, 9.17) is 16.3 Å². The largest absolute Gasteiger partial charge is 0.376 e. The standard InChI is InChI=1S/C19H21ClN2O4S/c1-22(16-7-3-6-15(20)12-16)27(24,25)18-9-2-5-14(11-18)19(23)21-13-17-8-4-10-26-17/h2-3,5-7,9,11-12,17H,4,8,10,13H2,1H3,(H,21,23). The lowest BCUT2D eigenvalue weighted by Gasteiger charge is -2.20. The first-order chi connectivity index (χ1) is 12.9. The van der Waals surface area contributed by atoms with Crippen molar-refractivity contribution in [2.45, 2.75) is 23.8 Å². The number of hydrogen-bond acceptors (Lipinski definition) is 4. The highest BCUT2D eigenvalue weighted by Crippen LogP contribution is 2.25. The number of rotatable bonds is 6. The van der Waals surface area contributed by atoms with Crippen LogP contribution in [0.3, 0.4) is 0 Å². The number of nitrogens with zero attached hydrogens (tertiary/aromatic N) is 1. The van der Waals surface area contributed by atoms with Crippen LogP contribution in [0.4, 0.5) is 5.69 Å². The number of nitrogens with one attached hydrogen (secondary N) is 1. The van der Waals surface area contributed by atoms with Crippen LogP contribution in [-0.2, 0) is 14.8 Å². The van der Waals surface area contributed by atoms with Crippen LogP contribution in [0.2, 0.25) is 5.02 Å². The van der Waals surface area contributed by atoms with Gasteiger partial charge in [0, 0.05) is 30.8 Å². The van der Waals surface area contributed by atoms with Crippen LogP contribution in [0.5, 0.6) is 0 Å². The zero-order chi connectivity index (χ0) is 19.4. The van der Waals surface area contributed by atoms with E-state index in [0.717, 1.165) is 17.1 Å². The SMILES string of the molecule is CN(c1cccc(Cl)c1)S(=O)(=O)c1cccc(C(=O)NCC2CCCO2)c1. The van der Waals surface area contributed by atoms with Gasteiger partial charge in [0.2, 0.25) is 0 Å². The summed E-state index contributed by atoms with van der Waals surface area (Å²) in [5.74, 6) is -0.326. The fourth-order valence-electron chi connectivity index (χ4n) is 2.88. The van der Waals surface area contributed by atoms with E-state index >= 15 is 0 Å². The summed E-state index contributed by atoms with van der Waals surface area (Å²) in [6.07, 6.45) is 1.93. The second-order valence-corrected chi connectivity index (χ2v) is 8.73. The highest BCUT2D eigenvalue weighted by atomic mass is 35.5. The second kappa shape index (κ2) is 8.29. The van der Waals surface area contributed by atoms with Crippen molar-refractivity contribution in [3.63, 3.8) is 0 Å². The number of carbonyl (C=O) groups is 1. The van der Waals surface area contributed by atoms with Gasteiger partial charge in [-0.2, -0.15) is 0 Å². The number of anilines is 1. The molecule has 0 spiro atoms. The van der Waals surface area contributed by atoms with E-state index < -0.39 is 10.0 Å². The molecule has 1 N–H and O–H groups in total. The molecule has 2 aromatic rings. The molecule has 1 heterocycles. The van der Waals surface area contributed by atoms with Crippen LogP contribution in [-0.4, -0.2) is 40.6 Å². The van der Waals surface area contributed by atoms with E-state index in [2.05, 4.69) is 5.32 Å². The van der Waals surface area contributed by atoms with Crippen molar-refractivity contribution in [1.82, 2.24) is 5.32 Å². The maximum Gasteiger partial charge on any atom is 0.264 e. The number of ether oxygens (including phenoxy) is 1. The molecule has 8 heteroatoms. The topological polar surface area (TPSA) is 75.7 Å². The van der Waals surface area contributed by atoms with Crippen LogP contribution in [0, 0.1) is 0 Å². The molecular formula is C19H21ClN2O4S. The van der Waals surface area contributed by atoms with Crippen molar-refractivity contribution in [2.24, 2.45) is 0 Å². The summed E-state index contributed by atoms with van der Waals surface area (Å²) < 4.78 is 32.5. The molecule has 27 heavy (non-hydrogen) atoms. The van der Waals surface area contributed by atoms with E-state index in [1.807, 2.05) is 0 Å². The van der Waals surface area contributed by atoms with Gasteiger partial charge >= 0.3 is 0 Å². The fourth-order valence-corrected chi connectivity index (χ4v) is 4.30. The van der Waals surface area contributed by atoms with Crippen molar-refractivity contribution >= 4 is 33.2 Å². The fraction of sp³-hybridized carbons (Fsp3) is 0.316. The summed E-state index contributed by atoms with van der Waals surface area (Å²) in [5, 5.41) is 3.24. The number of carbonyl (C=O) groups excluding carboxylic acids is 1. The van der Waals surface area contributed by atoms with Crippen molar-refractivity contribution in [3.05, 3.63) is 59.1 Å². The highest BCUT2D eigenvalue weighted by molar-refractivity contribution is 7.92. The Bertz CT molecular complexity index is 927. The van der Waals surface area contributed by atoms with Crippen LogP contribution >= 0.6 is 11.6 Å². The molecule has 0 saturated carbocycles. The van der Waals surface area contributed by atoms with E-state index in [1.54, 1.807) is 36.4 Å². The highest BCUT2D eigenvalue weighted by Gasteiger charge is 2.23. The minimum Gasteiger partial charge on any atom is -0.376 e. The minimum atomic E-state index is -3.83. The number of halogens is 1. The van der Waals surface area contributed by atoms with Gasteiger partial charge in [0.1, 0.15) is 0 Å². The van der Waals surface area contributed by atoms with E-state index in [-0.39, 0.29) is 22.5 Å². The molecule has 1 fully saturated rings. The number of sulfonamides is 1. The molecule has 0 radical (unpaired) electrons. The first-order valence-electron chi connectivity index (χ1n) is 8.62. The molecule has 1 saturated heterocycles. The zero-order valence-electron chi connectivity index (χ0n) is 14.9. The molecular weight excluding hydrogens is 388 g/mol. The molecule has 3 rings (SSSR count). The Labute approximate surface area is 164 Å². The number of hydrogen-bond donors (Lipinski definition) is 1. The first kappa shape index (κ1) is 19.7. The normalized spacial score (nSPS) is 16.9. The van der Waals surface area contributed by atoms with E-state index in [0.29, 0.717) is 23.9 Å². The Morgan fingerprint density at radius 1 is 1.26 bits per heavy atom. The molecule has 1 aliphatic rings. The quantitative estimate of drug-likeness (QED) is 0.796. The van der Waals surface area contributed by atoms with Crippen molar-refractivity contribution in [3.8, 4) is 0 Å². The van der Waals surface area contributed by atoms with Crippen LogP contribution in [0.15, 0.2) is 53.4 Å². The zero-order valence-corrected chi connectivity index (χ0v) is 16.5. The van der Waals surface area contributed by atoms with Gasteiger partial charge in [-0.1, -0.05) is 23.7 Å². The molecule has 1 unspecified atom stereocenters. The molecule has 0 aromatic heterocycles. The number of benzene rings is 2. The summed E-state index contributed by atoms with van der Waals surface area (Å²) in [6.45, 7) is 1.13. The maximum atomic E-state index is 12.9. The van der Waals surface area contributed by atoms with Gasteiger partial charge in [-0.15, -0.1) is 0 Å². The van der Waals surface area contributed by atoms with Gasteiger partial charge in [0.25, 0.3) is 15.9 Å². The molecule has 2 aromatic carbocycles. The Kier molecular flexibility index (Phi) is 6.04. The summed E-state index contributed by atoms with van der Waals surface area (Å²) in [6, 6.07) is 12.6. The summed E-state index contributed by atoms with van der Waals surface area (Å²) in [7, 11) is -2.38. The smallest absolute Gasteiger partial charge is 0.264 e. The van der Waals surface area contributed by atoms with Crippen LogP contribution < -0.4 is 9.62 Å². The second-order valence-electron chi connectivity index (χ2n) is 6.33. The predicted molar refractivity (Wildman–Crippen MR) is 105 cm³/mol. The van der Waals surface area contributed by atoms with Crippen LogP contribution in [0.25, 0.3) is 0 Å². The lowest BCUT2D eigenvalue weighted by Crippen LogP contribution is -2.32. The molecule has 1 amide bonds. The third-order valence-electron chi connectivity index (χ3n) is 4.44. The summed E-state index contributed by atoms with van der Waals surface area (Å²) >= 11 is 5.96. The van der Waals surface area contributed by atoms with E-state index in [1.165, 1.54) is 19.2 Å². The average molecular weight is 409 g/mol. The van der Waals surface area contributed by atoms with Gasteiger partial charge in [0.05, 0.1) is 16.7 Å². The van der Waals surface area contributed by atoms with Gasteiger partial charge in [-0.25, -0.2) is 8.42 Å². The van der Waals surface area contributed by atoms with Gasteiger partial charge in [-0.05, 0) is 49.2 Å². The molecule has 1 atom stereocenters. The summed E-state index contributed by atoms with van der Waals surface area (Å²) in [4.78, 5) is 12.4. The van der Waals surface area contributed by atoms with Crippen molar-refractivity contribution in [1.29, 1.82) is 0 Å². The average Bonchev–Trinajstić information content (AvgIpc) is 3.19. The molecule has 0 bridgehead atoms. The lowest BCUT2D eigenvalue weighted by molar-refractivity contribution is 0.0857. The van der Waals surface area contributed by atoms with E-state index in [9.17, 15) is 13.2 Å². The van der Waals surface area contributed by atoms with Gasteiger partial charge in [0.15, 0.2) is 0 Å². The Morgan fingerprint density at radius 2 is 2.04 bits per heavy atom. The molecule has 0 aliphatic carbocycles. The van der Waals surface area contributed by atoms with Crippen molar-refractivity contribution < 1.29 is 17.9 Å². The third kappa shape index (κ3) is 4.61. The summed E-state index contributed by atoms with van der Waals surface area (Å²) in [5.41, 5.74) is 0.726. The Morgan fingerprint density at radius 3 is 2.74 bits per heavy atom.